The molecule has 160 valence electrons. The summed E-state index contributed by atoms with van der Waals surface area (Å²) in [4.78, 5) is 23.1. The van der Waals surface area contributed by atoms with Crippen LogP contribution in [0.2, 0.25) is 5.02 Å². The van der Waals surface area contributed by atoms with E-state index in [2.05, 4.69) is 44.1 Å². The average molecular weight is 437 g/mol. The Morgan fingerprint density at radius 3 is 2.87 bits per heavy atom. The molecule has 4 rings (SSSR count). The Balaban J connectivity index is 1.63. The molecule has 3 aromatic rings. The lowest BCUT2D eigenvalue weighted by Gasteiger charge is -2.20. The zero-order valence-electron chi connectivity index (χ0n) is 17.6. The maximum atomic E-state index is 12.2. The molecule has 2 heterocycles. The molecule has 0 bridgehead atoms. The van der Waals surface area contributed by atoms with Gasteiger partial charge in [0, 0.05) is 32.0 Å². The van der Waals surface area contributed by atoms with Crippen molar-refractivity contribution in [3.8, 4) is 0 Å². The number of hydrogen-bond donors (Lipinski definition) is 3. The monoisotopic (exact) mass is 436 g/mol. The highest BCUT2D eigenvalue weighted by molar-refractivity contribution is 6.33. The quantitative estimate of drug-likeness (QED) is 0.535. The van der Waals surface area contributed by atoms with Crippen molar-refractivity contribution < 1.29 is 4.79 Å². The van der Waals surface area contributed by atoms with Crippen molar-refractivity contribution in [2.45, 2.75) is 19.3 Å². The lowest BCUT2D eigenvalue weighted by molar-refractivity contribution is 0.0964. The van der Waals surface area contributed by atoms with Gasteiger partial charge in [-0.3, -0.25) is 4.79 Å². The second-order valence-electron chi connectivity index (χ2n) is 7.40. The summed E-state index contributed by atoms with van der Waals surface area (Å²) >= 11 is 6.36. The Hall–Kier alpha value is -3.32. The van der Waals surface area contributed by atoms with Gasteiger partial charge in [-0.15, -0.1) is 0 Å². The van der Waals surface area contributed by atoms with Gasteiger partial charge in [0.05, 0.1) is 17.4 Å². The van der Waals surface area contributed by atoms with Gasteiger partial charge in [-0.05, 0) is 55.2 Å². The Morgan fingerprint density at radius 1 is 1.19 bits per heavy atom. The standard InChI is InChI=1S/C23H25ClN6O/c1-25-22(31)17-8-3-4-9-20(17)28-21-18(24)14-27-23(29-21)30(2)16-10-11-19-15(13-16)7-5-6-12-26-19/h3-4,8-11,13-14,26H,5-7,12H2,1-2H3,(H,25,31)(H,27,28,29). The zero-order valence-corrected chi connectivity index (χ0v) is 18.3. The van der Waals surface area contributed by atoms with E-state index in [0.717, 1.165) is 18.7 Å². The fourth-order valence-corrected chi connectivity index (χ4v) is 3.74. The summed E-state index contributed by atoms with van der Waals surface area (Å²) in [6.45, 7) is 1.01. The largest absolute Gasteiger partial charge is 0.385 e. The zero-order chi connectivity index (χ0) is 21.8. The molecule has 0 saturated carbocycles. The van der Waals surface area contributed by atoms with Gasteiger partial charge in [0.1, 0.15) is 5.02 Å². The van der Waals surface area contributed by atoms with E-state index in [4.69, 9.17) is 11.6 Å². The number of carbonyl (C=O) groups is 1. The predicted molar refractivity (Wildman–Crippen MR) is 126 cm³/mol. The minimum atomic E-state index is -0.191. The molecular weight excluding hydrogens is 412 g/mol. The maximum absolute atomic E-state index is 12.2. The van der Waals surface area contributed by atoms with Crippen molar-refractivity contribution in [3.63, 3.8) is 0 Å². The van der Waals surface area contributed by atoms with Gasteiger partial charge in [-0.2, -0.15) is 4.98 Å². The molecule has 1 amide bonds. The number of nitrogens with zero attached hydrogens (tertiary/aromatic N) is 3. The molecule has 0 unspecified atom stereocenters. The number of fused-ring (bicyclic) bond motifs is 1. The van der Waals surface area contributed by atoms with Crippen LogP contribution in [0.1, 0.15) is 28.8 Å². The highest BCUT2D eigenvalue weighted by atomic mass is 35.5. The van der Waals surface area contributed by atoms with Crippen LogP contribution in [0.25, 0.3) is 0 Å². The fourth-order valence-electron chi connectivity index (χ4n) is 3.61. The van der Waals surface area contributed by atoms with E-state index in [1.54, 1.807) is 19.3 Å². The topological polar surface area (TPSA) is 82.2 Å². The van der Waals surface area contributed by atoms with Crippen LogP contribution < -0.4 is 20.9 Å². The lowest BCUT2D eigenvalue weighted by Crippen LogP contribution is -2.19. The molecule has 0 atom stereocenters. The SMILES string of the molecule is CNC(=O)c1ccccc1Nc1nc(N(C)c2ccc3c(c2)CCCCN3)ncc1Cl. The van der Waals surface area contributed by atoms with Crippen molar-refractivity contribution in [1.29, 1.82) is 0 Å². The molecule has 0 saturated heterocycles. The van der Waals surface area contributed by atoms with Crippen LogP contribution in [-0.2, 0) is 6.42 Å². The summed E-state index contributed by atoms with van der Waals surface area (Å²) in [5.74, 6) is 0.751. The van der Waals surface area contributed by atoms with Crippen molar-refractivity contribution >= 4 is 46.3 Å². The van der Waals surface area contributed by atoms with Crippen LogP contribution in [0.5, 0.6) is 0 Å². The summed E-state index contributed by atoms with van der Waals surface area (Å²) in [5, 5.41) is 9.68. The summed E-state index contributed by atoms with van der Waals surface area (Å²) in [6.07, 6.45) is 4.96. The Morgan fingerprint density at radius 2 is 2.03 bits per heavy atom. The van der Waals surface area contributed by atoms with Crippen LogP contribution >= 0.6 is 11.6 Å². The van der Waals surface area contributed by atoms with E-state index >= 15 is 0 Å². The molecule has 0 fully saturated rings. The van der Waals surface area contributed by atoms with Crippen LogP contribution in [0.15, 0.2) is 48.7 Å². The summed E-state index contributed by atoms with van der Waals surface area (Å²) in [7, 11) is 3.53. The number of anilines is 5. The van der Waals surface area contributed by atoms with E-state index < -0.39 is 0 Å². The molecule has 8 heteroatoms. The van der Waals surface area contributed by atoms with Gasteiger partial charge in [-0.1, -0.05) is 23.7 Å². The summed E-state index contributed by atoms with van der Waals surface area (Å²) < 4.78 is 0. The molecule has 3 N–H and O–H groups in total. The van der Waals surface area contributed by atoms with Crippen LogP contribution in [-0.4, -0.2) is 36.5 Å². The highest BCUT2D eigenvalue weighted by Gasteiger charge is 2.16. The normalized spacial score (nSPS) is 12.9. The van der Waals surface area contributed by atoms with Crippen molar-refractivity contribution in [3.05, 3.63) is 64.8 Å². The van der Waals surface area contributed by atoms with E-state index in [9.17, 15) is 4.79 Å². The van der Waals surface area contributed by atoms with Crippen LogP contribution in [0.4, 0.5) is 28.8 Å². The third-order valence-corrected chi connectivity index (χ3v) is 5.62. The number of aryl methyl sites for hydroxylation is 1. The van der Waals surface area contributed by atoms with Crippen molar-refractivity contribution in [2.75, 3.05) is 36.2 Å². The van der Waals surface area contributed by atoms with Gasteiger partial charge in [0.2, 0.25) is 5.95 Å². The summed E-state index contributed by atoms with van der Waals surface area (Å²) in [5.41, 5.74) is 4.62. The lowest BCUT2D eigenvalue weighted by atomic mass is 10.1. The summed E-state index contributed by atoms with van der Waals surface area (Å²) in [6, 6.07) is 13.6. The number of carbonyl (C=O) groups excluding carboxylic acids is 1. The predicted octanol–water partition coefficient (Wildman–Crippen LogP) is 4.75. The van der Waals surface area contributed by atoms with Crippen LogP contribution in [0.3, 0.4) is 0 Å². The van der Waals surface area contributed by atoms with Crippen molar-refractivity contribution in [2.24, 2.45) is 0 Å². The first-order valence-electron chi connectivity index (χ1n) is 10.3. The molecule has 0 spiro atoms. The molecule has 0 aliphatic carbocycles. The third-order valence-electron chi connectivity index (χ3n) is 5.35. The number of aromatic nitrogens is 2. The molecule has 0 radical (unpaired) electrons. The van der Waals surface area contributed by atoms with Gasteiger partial charge in [-0.25, -0.2) is 4.98 Å². The minimum Gasteiger partial charge on any atom is -0.385 e. The number of benzene rings is 2. The van der Waals surface area contributed by atoms with Gasteiger partial charge in [0.25, 0.3) is 5.91 Å². The Kier molecular flexibility index (Phi) is 6.23. The molecule has 7 nitrogen and oxygen atoms in total. The van der Waals surface area contributed by atoms with E-state index in [-0.39, 0.29) is 5.91 Å². The van der Waals surface area contributed by atoms with Gasteiger partial charge >= 0.3 is 0 Å². The second-order valence-corrected chi connectivity index (χ2v) is 7.81. The molecule has 1 aliphatic heterocycles. The van der Waals surface area contributed by atoms with E-state index in [1.807, 2.05) is 30.1 Å². The number of nitrogens with one attached hydrogen (secondary N) is 3. The number of halogens is 1. The van der Waals surface area contributed by atoms with Crippen LogP contribution in [0, 0.1) is 0 Å². The first-order chi connectivity index (χ1) is 15.1. The van der Waals surface area contributed by atoms with Gasteiger partial charge < -0.3 is 20.9 Å². The number of hydrogen-bond acceptors (Lipinski definition) is 6. The smallest absolute Gasteiger partial charge is 0.253 e. The van der Waals surface area contributed by atoms with Gasteiger partial charge in [0.15, 0.2) is 5.82 Å². The molecule has 1 aromatic heterocycles. The Labute approximate surface area is 186 Å². The molecule has 31 heavy (non-hydrogen) atoms. The molecule has 1 aliphatic rings. The first kappa shape index (κ1) is 20.9. The highest BCUT2D eigenvalue weighted by Crippen LogP contribution is 2.31. The number of para-hydroxylation sites is 1. The number of rotatable bonds is 5. The van der Waals surface area contributed by atoms with E-state index in [0.29, 0.717) is 28.0 Å². The first-order valence-corrected chi connectivity index (χ1v) is 10.7. The van der Waals surface area contributed by atoms with Crippen molar-refractivity contribution in [1.82, 2.24) is 15.3 Å². The molecule has 2 aromatic carbocycles. The second kappa shape index (κ2) is 9.22. The third kappa shape index (κ3) is 4.56. The number of amides is 1. The molecular formula is C23H25ClN6O. The average Bonchev–Trinajstić information content (AvgIpc) is 3.05. The Bertz CT molecular complexity index is 1100. The maximum Gasteiger partial charge on any atom is 0.253 e. The fraction of sp³-hybridized carbons (Fsp3) is 0.261. The minimum absolute atomic E-state index is 0.191. The van der Waals surface area contributed by atoms with E-state index in [1.165, 1.54) is 24.1 Å².